The molecule has 0 nitrogen and oxygen atoms in total. The molecule has 2 rings (SSSR count). The van der Waals surface area contributed by atoms with E-state index in [1.807, 2.05) is 0 Å². The highest BCUT2D eigenvalue weighted by Gasteiger charge is 2.19. The van der Waals surface area contributed by atoms with Gasteiger partial charge in [-0.15, -0.1) is 0 Å². The van der Waals surface area contributed by atoms with Crippen LogP contribution >= 0.6 is 0 Å². The smallest absolute Gasteiger partial charge is 0.0354 e. The van der Waals surface area contributed by atoms with E-state index in [0.29, 0.717) is 5.41 Å². The molecule has 0 saturated heterocycles. The molecule has 0 unspecified atom stereocenters. The van der Waals surface area contributed by atoms with Crippen molar-refractivity contribution in [3.63, 3.8) is 0 Å². The molecule has 14 heavy (non-hydrogen) atoms. The Morgan fingerprint density at radius 1 is 0.500 bits per heavy atom. The molecule has 0 aliphatic heterocycles. The van der Waals surface area contributed by atoms with Gasteiger partial charge in [-0.25, -0.2) is 0 Å². The molecule has 0 amide bonds. The Balaban J connectivity index is 0.000000146. The van der Waals surface area contributed by atoms with Gasteiger partial charge < -0.3 is 0 Å². The minimum absolute atomic E-state index is 0.679. The van der Waals surface area contributed by atoms with Gasteiger partial charge >= 0.3 is 0 Å². The van der Waals surface area contributed by atoms with Gasteiger partial charge in [-0.3, -0.25) is 0 Å². The normalized spacial score (nSPS) is 26.1. The molecule has 0 N–H and O–H groups in total. The number of hydrogen-bond acceptors (Lipinski definition) is 0. The summed E-state index contributed by atoms with van der Waals surface area (Å²) < 4.78 is 0. The molecule has 0 aromatic rings. The highest BCUT2D eigenvalue weighted by Crippen LogP contribution is 2.34. The highest BCUT2D eigenvalue weighted by molar-refractivity contribution is 4.72. The van der Waals surface area contributed by atoms with Gasteiger partial charge in [-0.2, -0.15) is 0 Å². The van der Waals surface area contributed by atoms with Crippen molar-refractivity contribution in [3.8, 4) is 0 Å². The molecule has 0 aromatic heterocycles. The van der Waals surface area contributed by atoms with E-state index in [1.54, 1.807) is 0 Å². The van der Waals surface area contributed by atoms with Crippen molar-refractivity contribution in [1.29, 1.82) is 0 Å². The summed E-state index contributed by atoms with van der Waals surface area (Å²) in [6, 6.07) is 0. The maximum atomic E-state index is 2.38. The maximum Gasteiger partial charge on any atom is -0.0354 e. The molecular weight excluding hydrogens is 168 g/mol. The van der Waals surface area contributed by atoms with Crippen LogP contribution in [-0.2, 0) is 0 Å². The highest BCUT2D eigenvalue weighted by atomic mass is 14.3. The summed E-state index contributed by atoms with van der Waals surface area (Å²) in [5, 5.41) is 0. The minimum Gasteiger partial charge on any atom is -0.0599 e. The summed E-state index contributed by atoms with van der Waals surface area (Å²) in [7, 11) is 0. The monoisotopic (exact) mass is 196 g/mol. The van der Waals surface area contributed by atoms with Gasteiger partial charge in [0.2, 0.25) is 0 Å². The van der Waals surface area contributed by atoms with Crippen molar-refractivity contribution in [2.24, 2.45) is 5.41 Å². The van der Waals surface area contributed by atoms with Gasteiger partial charge in [0, 0.05) is 0 Å². The van der Waals surface area contributed by atoms with Crippen LogP contribution in [0.3, 0.4) is 0 Å². The van der Waals surface area contributed by atoms with Gasteiger partial charge in [0.05, 0.1) is 0 Å². The SMILES string of the molecule is C1CCCCC1.CC1(C)CCCCC1. The zero-order valence-electron chi connectivity index (χ0n) is 10.3. The third-order valence-corrected chi connectivity index (χ3v) is 3.71. The van der Waals surface area contributed by atoms with Crippen LogP contribution in [-0.4, -0.2) is 0 Å². The van der Waals surface area contributed by atoms with Crippen molar-refractivity contribution in [2.75, 3.05) is 0 Å². The van der Waals surface area contributed by atoms with Crippen molar-refractivity contribution < 1.29 is 0 Å². The molecule has 0 spiro atoms. The van der Waals surface area contributed by atoms with Crippen LogP contribution in [0.5, 0.6) is 0 Å². The van der Waals surface area contributed by atoms with E-state index in [0.717, 1.165) is 0 Å². The Labute approximate surface area is 90.5 Å². The van der Waals surface area contributed by atoms with Crippen LogP contribution in [0, 0.1) is 5.41 Å². The van der Waals surface area contributed by atoms with Crippen LogP contribution < -0.4 is 0 Å². The first-order chi connectivity index (χ1) is 6.71. The number of hydrogen-bond donors (Lipinski definition) is 0. The van der Waals surface area contributed by atoms with Gasteiger partial charge in [-0.05, 0) is 18.3 Å². The predicted molar refractivity (Wildman–Crippen MR) is 64.6 cm³/mol. The third-order valence-electron chi connectivity index (χ3n) is 3.71. The van der Waals surface area contributed by atoms with E-state index in [1.165, 1.54) is 70.6 Å². The van der Waals surface area contributed by atoms with Crippen LogP contribution in [0.2, 0.25) is 0 Å². The Morgan fingerprint density at radius 2 is 0.786 bits per heavy atom. The molecule has 0 radical (unpaired) electrons. The van der Waals surface area contributed by atoms with Gasteiger partial charge in [0.15, 0.2) is 0 Å². The largest absolute Gasteiger partial charge is 0.0599 e. The lowest BCUT2D eigenvalue weighted by molar-refractivity contribution is 0.244. The van der Waals surface area contributed by atoms with E-state index in [-0.39, 0.29) is 0 Å². The molecule has 2 fully saturated rings. The molecule has 84 valence electrons. The fourth-order valence-corrected chi connectivity index (χ4v) is 2.57. The molecule has 2 saturated carbocycles. The molecule has 2 aliphatic rings. The van der Waals surface area contributed by atoms with E-state index in [9.17, 15) is 0 Å². The Bertz CT molecular complexity index is 111. The van der Waals surface area contributed by atoms with Gasteiger partial charge in [-0.1, -0.05) is 71.6 Å². The van der Waals surface area contributed by atoms with Crippen LogP contribution in [0.4, 0.5) is 0 Å². The molecule has 2 aliphatic carbocycles. The fraction of sp³-hybridized carbons (Fsp3) is 1.00. The first-order valence-corrected chi connectivity index (χ1v) is 6.71. The lowest BCUT2D eigenvalue weighted by atomic mass is 9.78. The molecule has 0 atom stereocenters. The Kier molecular flexibility index (Phi) is 5.59. The topological polar surface area (TPSA) is 0 Å². The van der Waals surface area contributed by atoms with Crippen LogP contribution in [0.1, 0.15) is 84.5 Å². The molecule has 0 heteroatoms. The summed E-state index contributed by atoms with van der Waals surface area (Å²) >= 11 is 0. The van der Waals surface area contributed by atoms with Crippen molar-refractivity contribution in [1.82, 2.24) is 0 Å². The zero-order valence-corrected chi connectivity index (χ0v) is 10.3. The molecule has 0 bridgehead atoms. The van der Waals surface area contributed by atoms with Crippen LogP contribution in [0.25, 0.3) is 0 Å². The summed E-state index contributed by atoms with van der Waals surface area (Å²) in [4.78, 5) is 0. The molecule has 0 heterocycles. The molecular formula is C14H28. The second kappa shape index (κ2) is 6.48. The third kappa shape index (κ3) is 5.67. The van der Waals surface area contributed by atoms with E-state index >= 15 is 0 Å². The predicted octanol–water partition coefficient (Wildman–Crippen LogP) is 5.32. The standard InChI is InChI=1S/C8H16.C6H12/c1-8(2)6-4-3-5-7-8;1-2-4-6-5-3-1/h3-7H2,1-2H3;1-6H2. The first-order valence-electron chi connectivity index (χ1n) is 6.71. The van der Waals surface area contributed by atoms with Gasteiger partial charge in [0.1, 0.15) is 0 Å². The average molecular weight is 196 g/mol. The van der Waals surface area contributed by atoms with Crippen LogP contribution in [0.15, 0.2) is 0 Å². The maximum absolute atomic E-state index is 2.38. The van der Waals surface area contributed by atoms with E-state index < -0.39 is 0 Å². The first kappa shape index (κ1) is 12.1. The second-order valence-electron chi connectivity index (χ2n) is 5.85. The summed E-state index contributed by atoms with van der Waals surface area (Å²) in [5.41, 5.74) is 0.679. The molecule has 0 aromatic carbocycles. The van der Waals surface area contributed by atoms with Crippen molar-refractivity contribution >= 4 is 0 Å². The average Bonchev–Trinajstić information content (AvgIpc) is 2.21. The summed E-state index contributed by atoms with van der Waals surface area (Å²) in [6.07, 6.45) is 16.3. The lowest BCUT2D eigenvalue weighted by Gasteiger charge is -2.28. The zero-order chi connectivity index (χ0) is 10.3. The Morgan fingerprint density at radius 3 is 1.00 bits per heavy atom. The van der Waals surface area contributed by atoms with E-state index in [4.69, 9.17) is 0 Å². The quantitative estimate of drug-likeness (QED) is 0.492. The fourth-order valence-electron chi connectivity index (χ4n) is 2.57. The van der Waals surface area contributed by atoms with Crippen molar-refractivity contribution in [2.45, 2.75) is 84.5 Å². The summed E-state index contributed by atoms with van der Waals surface area (Å²) in [6.45, 7) is 4.76. The lowest BCUT2D eigenvalue weighted by Crippen LogP contribution is -2.14. The summed E-state index contributed by atoms with van der Waals surface area (Å²) in [5.74, 6) is 0. The van der Waals surface area contributed by atoms with E-state index in [2.05, 4.69) is 13.8 Å². The van der Waals surface area contributed by atoms with Gasteiger partial charge in [0.25, 0.3) is 0 Å². The van der Waals surface area contributed by atoms with Crippen molar-refractivity contribution in [3.05, 3.63) is 0 Å². The Hall–Kier alpha value is 0. The number of rotatable bonds is 0. The minimum atomic E-state index is 0.679. The second-order valence-corrected chi connectivity index (χ2v) is 5.85.